The summed E-state index contributed by atoms with van der Waals surface area (Å²) in [5.74, 6) is 3.77. The molecule has 1 aliphatic rings. The Hall–Kier alpha value is -3.01. The van der Waals surface area contributed by atoms with Crippen molar-refractivity contribution in [2.24, 2.45) is 4.99 Å². The van der Waals surface area contributed by atoms with E-state index in [2.05, 4.69) is 37.2 Å². The number of ether oxygens (including phenoxy) is 3. The first-order valence-electron chi connectivity index (χ1n) is 10.5. The molecule has 31 heavy (non-hydrogen) atoms. The number of benzene rings is 1. The normalized spacial score (nSPS) is 15.1. The number of piperazine rings is 1. The number of hydrogen-bond acceptors (Lipinski definition) is 7. The van der Waals surface area contributed by atoms with Gasteiger partial charge in [-0.2, -0.15) is 0 Å². The average Bonchev–Trinajstić information content (AvgIpc) is 3.27. The summed E-state index contributed by atoms with van der Waals surface area (Å²) in [5, 5.41) is 11.6. The molecule has 0 atom stereocenters. The summed E-state index contributed by atoms with van der Waals surface area (Å²) in [6.07, 6.45) is 1.75. The number of methoxy groups -OCH3 is 3. The number of guanidine groups is 1. The van der Waals surface area contributed by atoms with Crippen LogP contribution in [0, 0.1) is 0 Å². The molecule has 1 saturated heterocycles. The lowest BCUT2D eigenvalue weighted by atomic mass is 10.1. The maximum absolute atomic E-state index is 5.48. The molecule has 2 heterocycles. The van der Waals surface area contributed by atoms with E-state index in [0.717, 1.165) is 56.6 Å². The predicted molar refractivity (Wildman–Crippen MR) is 119 cm³/mol. The van der Waals surface area contributed by atoms with Crippen molar-refractivity contribution in [3.63, 3.8) is 0 Å². The molecule has 170 valence electrons. The molecule has 0 amide bonds. The molecule has 2 aromatic rings. The lowest BCUT2D eigenvalue weighted by Crippen LogP contribution is -2.52. The van der Waals surface area contributed by atoms with Crippen molar-refractivity contribution in [2.45, 2.75) is 26.6 Å². The van der Waals surface area contributed by atoms with Crippen molar-refractivity contribution in [2.75, 3.05) is 54.6 Å². The quantitative estimate of drug-likeness (QED) is 0.493. The highest BCUT2D eigenvalue weighted by Crippen LogP contribution is 2.38. The van der Waals surface area contributed by atoms with Gasteiger partial charge in [-0.15, -0.1) is 10.2 Å². The smallest absolute Gasteiger partial charge is 0.203 e. The van der Waals surface area contributed by atoms with E-state index in [9.17, 15) is 0 Å². The van der Waals surface area contributed by atoms with Crippen molar-refractivity contribution in [1.29, 1.82) is 0 Å². The van der Waals surface area contributed by atoms with Gasteiger partial charge in [0.05, 0.1) is 27.9 Å². The first kappa shape index (κ1) is 22.7. The Kier molecular flexibility index (Phi) is 7.94. The third-order valence-electron chi connectivity index (χ3n) is 5.46. The zero-order valence-electron chi connectivity index (χ0n) is 19.1. The Morgan fingerprint density at radius 3 is 2.29 bits per heavy atom. The Balaban J connectivity index is 1.56. The van der Waals surface area contributed by atoms with Gasteiger partial charge in [0.25, 0.3) is 0 Å². The molecular weight excluding hydrogens is 398 g/mol. The number of aromatic nitrogens is 3. The number of rotatable bonds is 8. The van der Waals surface area contributed by atoms with Crippen molar-refractivity contribution < 1.29 is 14.2 Å². The number of aliphatic imine (C=N–C) groups is 1. The molecule has 0 bridgehead atoms. The van der Waals surface area contributed by atoms with Crippen LogP contribution in [0.3, 0.4) is 0 Å². The summed E-state index contributed by atoms with van der Waals surface area (Å²) < 4.78 is 18.4. The van der Waals surface area contributed by atoms with Gasteiger partial charge in [-0.3, -0.25) is 9.89 Å². The highest BCUT2D eigenvalue weighted by atomic mass is 16.5. The van der Waals surface area contributed by atoms with Gasteiger partial charge in [0.15, 0.2) is 23.3 Å². The molecule has 1 aliphatic heterocycles. The van der Waals surface area contributed by atoms with Crippen LogP contribution in [-0.2, 0) is 19.6 Å². The van der Waals surface area contributed by atoms with Crippen LogP contribution >= 0.6 is 0 Å². The molecule has 10 nitrogen and oxygen atoms in total. The van der Waals surface area contributed by atoms with Gasteiger partial charge in [-0.1, -0.05) is 0 Å². The van der Waals surface area contributed by atoms with Crippen LogP contribution in [0.5, 0.6) is 17.2 Å². The first-order valence-corrected chi connectivity index (χ1v) is 10.5. The van der Waals surface area contributed by atoms with Crippen LogP contribution in [0.1, 0.15) is 18.3 Å². The Morgan fingerprint density at radius 2 is 1.74 bits per heavy atom. The summed E-state index contributed by atoms with van der Waals surface area (Å²) in [6, 6.07) is 4.02. The molecule has 0 saturated carbocycles. The fourth-order valence-corrected chi connectivity index (χ4v) is 3.77. The van der Waals surface area contributed by atoms with Crippen LogP contribution in [0.25, 0.3) is 0 Å². The standard InChI is InChI=1S/C21H33N7O3/c1-6-27-15-24-25-19(27)13-23-21(22-2)28-9-7-26(8-10-28)14-16-11-17(29-3)20(31-5)18(12-16)30-4/h11-12,15H,6-10,13-14H2,1-5H3,(H,22,23). The van der Waals surface area contributed by atoms with Crippen LogP contribution in [0.4, 0.5) is 0 Å². The molecule has 1 aromatic heterocycles. The SMILES string of the molecule is CCn1cnnc1CNC(=NC)N1CCN(Cc2cc(OC)c(OC)c(OC)c2)CC1. The third kappa shape index (κ3) is 5.38. The summed E-state index contributed by atoms with van der Waals surface area (Å²) >= 11 is 0. The minimum Gasteiger partial charge on any atom is -0.493 e. The van der Waals surface area contributed by atoms with Crippen LogP contribution in [-0.4, -0.2) is 85.1 Å². The summed E-state index contributed by atoms with van der Waals surface area (Å²) in [4.78, 5) is 9.14. The van der Waals surface area contributed by atoms with E-state index in [1.807, 2.05) is 23.7 Å². The van der Waals surface area contributed by atoms with E-state index >= 15 is 0 Å². The van der Waals surface area contributed by atoms with E-state index in [1.165, 1.54) is 0 Å². The van der Waals surface area contributed by atoms with E-state index in [4.69, 9.17) is 14.2 Å². The maximum atomic E-state index is 5.48. The van der Waals surface area contributed by atoms with Gasteiger partial charge in [-0.25, -0.2) is 0 Å². The third-order valence-corrected chi connectivity index (χ3v) is 5.46. The van der Waals surface area contributed by atoms with Crippen LogP contribution < -0.4 is 19.5 Å². The molecule has 0 radical (unpaired) electrons. The van der Waals surface area contributed by atoms with Gasteiger partial charge in [-0.05, 0) is 24.6 Å². The number of nitrogens with one attached hydrogen (secondary N) is 1. The maximum Gasteiger partial charge on any atom is 0.203 e. The van der Waals surface area contributed by atoms with Crippen molar-refractivity contribution in [3.8, 4) is 17.2 Å². The lowest BCUT2D eigenvalue weighted by molar-refractivity contribution is 0.172. The highest BCUT2D eigenvalue weighted by molar-refractivity contribution is 5.79. The lowest BCUT2D eigenvalue weighted by Gasteiger charge is -2.36. The number of nitrogens with zero attached hydrogens (tertiary/aromatic N) is 6. The largest absolute Gasteiger partial charge is 0.493 e. The summed E-state index contributed by atoms with van der Waals surface area (Å²) in [7, 11) is 6.71. The van der Waals surface area contributed by atoms with Gasteiger partial charge in [0.2, 0.25) is 5.75 Å². The second-order valence-electron chi connectivity index (χ2n) is 7.23. The molecule has 0 unspecified atom stereocenters. The second-order valence-corrected chi connectivity index (χ2v) is 7.23. The van der Waals surface area contributed by atoms with E-state index in [1.54, 1.807) is 27.7 Å². The molecule has 3 rings (SSSR count). The monoisotopic (exact) mass is 431 g/mol. The topological polar surface area (TPSA) is 89.3 Å². The number of aryl methyl sites for hydroxylation is 1. The molecule has 10 heteroatoms. The van der Waals surface area contributed by atoms with Crippen molar-refractivity contribution in [1.82, 2.24) is 29.9 Å². The van der Waals surface area contributed by atoms with E-state index in [0.29, 0.717) is 23.8 Å². The molecule has 1 N–H and O–H groups in total. The summed E-state index contributed by atoms with van der Waals surface area (Å²) in [5.41, 5.74) is 1.13. The minimum atomic E-state index is 0.603. The van der Waals surface area contributed by atoms with Crippen molar-refractivity contribution in [3.05, 3.63) is 29.8 Å². The minimum absolute atomic E-state index is 0.603. The predicted octanol–water partition coefficient (Wildman–Crippen LogP) is 1.22. The molecule has 1 fully saturated rings. The fourth-order valence-electron chi connectivity index (χ4n) is 3.77. The first-order chi connectivity index (χ1) is 15.1. The second kappa shape index (κ2) is 10.9. The highest BCUT2D eigenvalue weighted by Gasteiger charge is 2.21. The van der Waals surface area contributed by atoms with Gasteiger partial charge in [0, 0.05) is 46.3 Å². The molecular formula is C21H33N7O3. The van der Waals surface area contributed by atoms with Crippen LogP contribution in [0.15, 0.2) is 23.5 Å². The van der Waals surface area contributed by atoms with Crippen molar-refractivity contribution >= 4 is 5.96 Å². The molecule has 0 spiro atoms. The van der Waals surface area contributed by atoms with E-state index in [-0.39, 0.29) is 0 Å². The van der Waals surface area contributed by atoms with Gasteiger partial charge in [0.1, 0.15) is 6.33 Å². The zero-order valence-corrected chi connectivity index (χ0v) is 19.1. The van der Waals surface area contributed by atoms with E-state index < -0.39 is 0 Å². The Labute approximate surface area is 183 Å². The molecule has 0 aliphatic carbocycles. The fraction of sp³-hybridized carbons (Fsp3) is 0.571. The average molecular weight is 432 g/mol. The Morgan fingerprint density at radius 1 is 1.06 bits per heavy atom. The zero-order chi connectivity index (χ0) is 22.2. The number of hydrogen-bond donors (Lipinski definition) is 1. The van der Waals surface area contributed by atoms with Crippen LogP contribution in [0.2, 0.25) is 0 Å². The van der Waals surface area contributed by atoms with Gasteiger partial charge < -0.3 is 29.0 Å². The molecule has 1 aromatic carbocycles. The Bertz CT molecular complexity index is 851. The summed E-state index contributed by atoms with van der Waals surface area (Å²) in [6.45, 7) is 8.00. The van der Waals surface area contributed by atoms with Gasteiger partial charge >= 0.3 is 0 Å².